The van der Waals surface area contributed by atoms with Crippen molar-refractivity contribution >= 4 is 39.9 Å². The average Bonchev–Trinajstić information content (AvgIpc) is 3.06. The standard InChI is InChI=1S/C18H15BrN2O4/c1-10-8-11(4-6-14(10)19)15-7-5-12(25-15)9-13-16(22)20(2)18(24)21(3)17(13)23/h4-9H,1-3H3. The molecule has 128 valence electrons. The number of hydrogen-bond acceptors (Lipinski definition) is 4. The molecular formula is C18H15BrN2O4. The van der Waals surface area contributed by atoms with Crippen LogP contribution in [0, 0.1) is 6.92 Å². The molecule has 0 unspecified atom stereocenters. The molecule has 4 amide bonds. The minimum absolute atomic E-state index is 0.113. The third-order valence-corrected chi connectivity index (χ3v) is 4.89. The van der Waals surface area contributed by atoms with Gasteiger partial charge in [0.05, 0.1) is 0 Å². The third kappa shape index (κ3) is 3.02. The van der Waals surface area contributed by atoms with Gasteiger partial charge in [-0.15, -0.1) is 0 Å². The van der Waals surface area contributed by atoms with Crippen LogP contribution in [0.5, 0.6) is 0 Å². The lowest BCUT2D eigenvalue weighted by Crippen LogP contribution is -2.52. The van der Waals surface area contributed by atoms with Crippen molar-refractivity contribution in [3.8, 4) is 11.3 Å². The molecule has 7 heteroatoms. The molecule has 6 nitrogen and oxygen atoms in total. The van der Waals surface area contributed by atoms with E-state index < -0.39 is 17.8 Å². The Labute approximate surface area is 152 Å². The Balaban J connectivity index is 1.95. The molecule has 1 aliphatic rings. The molecule has 0 saturated carbocycles. The van der Waals surface area contributed by atoms with E-state index in [-0.39, 0.29) is 5.57 Å². The second-order valence-electron chi connectivity index (χ2n) is 5.73. The molecular weight excluding hydrogens is 388 g/mol. The molecule has 1 saturated heterocycles. The van der Waals surface area contributed by atoms with Gasteiger partial charge in [0.15, 0.2) is 0 Å². The van der Waals surface area contributed by atoms with Crippen molar-refractivity contribution in [3.63, 3.8) is 0 Å². The smallest absolute Gasteiger partial charge is 0.333 e. The van der Waals surface area contributed by atoms with Gasteiger partial charge in [0, 0.05) is 24.1 Å². The maximum absolute atomic E-state index is 12.2. The molecule has 3 rings (SSSR count). The maximum Gasteiger partial charge on any atom is 0.333 e. The van der Waals surface area contributed by atoms with Crippen LogP contribution in [0.1, 0.15) is 11.3 Å². The van der Waals surface area contributed by atoms with Gasteiger partial charge in [-0.25, -0.2) is 4.79 Å². The van der Waals surface area contributed by atoms with Crippen LogP contribution < -0.4 is 0 Å². The molecule has 1 aromatic carbocycles. The molecule has 2 aromatic rings. The molecule has 0 N–H and O–H groups in total. The van der Waals surface area contributed by atoms with Crippen molar-refractivity contribution in [3.05, 3.63) is 51.7 Å². The van der Waals surface area contributed by atoms with Crippen molar-refractivity contribution in [2.45, 2.75) is 6.92 Å². The van der Waals surface area contributed by atoms with Crippen LogP contribution in [0.4, 0.5) is 4.79 Å². The largest absolute Gasteiger partial charge is 0.457 e. The van der Waals surface area contributed by atoms with Crippen LogP contribution in [0.2, 0.25) is 0 Å². The number of halogens is 1. The Morgan fingerprint density at radius 2 is 1.64 bits per heavy atom. The number of hydrogen-bond donors (Lipinski definition) is 0. The minimum atomic E-state index is -0.655. The molecule has 0 radical (unpaired) electrons. The lowest BCUT2D eigenvalue weighted by Gasteiger charge is -2.28. The van der Waals surface area contributed by atoms with E-state index in [1.165, 1.54) is 20.2 Å². The number of rotatable bonds is 2. The van der Waals surface area contributed by atoms with Crippen molar-refractivity contribution in [2.24, 2.45) is 0 Å². The minimum Gasteiger partial charge on any atom is -0.457 e. The van der Waals surface area contributed by atoms with Crippen LogP contribution in [0.25, 0.3) is 17.4 Å². The monoisotopic (exact) mass is 402 g/mol. The van der Waals surface area contributed by atoms with E-state index >= 15 is 0 Å². The maximum atomic E-state index is 12.2. The first-order chi connectivity index (χ1) is 11.8. The number of amides is 4. The van der Waals surface area contributed by atoms with Gasteiger partial charge < -0.3 is 4.42 Å². The van der Waals surface area contributed by atoms with E-state index in [1.807, 2.05) is 25.1 Å². The fourth-order valence-electron chi connectivity index (χ4n) is 2.50. The summed E-state index contributed by atoms with van der Waals surface area (Å²) in [7, 11) is 2.67. The summed E-state index contributed by atoms with van der Waals surface area (Å²) in [5.41, 5.74) is 1.83. The molecule has 0 atom stereocenters. The first kappa shape index (κ1) is 17.2. The molecule has 1 aromatic heterocycles. The SMILES string of the molecule is Cc1cc(-c2ccc(C=C3C(=O)N(C)C(=O)N(C)C3=O)o2)ccc1Br. The zero-order chi connectivity index (χ0) is 18.3. The lowest BCUT2D eigenvalue weighted by molar-refractivity contribution is -0.134. The van der Waals surface area contributed by atoms with Crippen molar-refractivity contribution in [1.29, 1.82) is 0 Å². The van der Waals surface area contributed by atoms with Gasteiger partial charge >= 0.3 is 6.03 Å². The van der Waals surface area contributed by atoms with Gasteiger partial charge in [-0.2, -0.15) is 0 Å². The summed E-state index contributed by atoms with van der Waals surface area (Å²) in [5, 5.41) is 0. The van der Waals surface area contributed by atoms with Gasteiger partial charge in [0.25, 0.3) is 11.8 Å². The summed E-state index contributed by atoms with van der Waals surface area (Å²) in [6.45, 7) is 1.97. The zero-order valence-corrected chi connectivity index (χ0v) is 15.5. The highest BCUT2D eigenvalue weighted by atomic mass is 79.9. The highest BCUT2D eigenvalue weighted by molar-refractivity contribution is 9.10. The highest BCUT2D eigenvalue weighted by Gasteiger charge is 2.38. The van der Waals surface area contributed by atoms with Gasteiger partial charge in [0.1, 0.15) is 17.1 Å². The Hall–Kier alpha value is -2.67. The number of urea groups is 1. The van der Waals surface area contributed by atoms with E-state index in [1.54, 1.807) is 12.1 Å². The first-order valence-corrected chi connectivity index (χ1v) is 8.27. The predicted octanol–water partition coefficient (Wildman–Crippen LogP) is 3.45. The van der Waals surface area contributed by atoms with E-state index in [4.69, 9.17) is 4.42 Å². The van der Waals surface area contributed by atoms with Gasteiger partial charge in [0.2, 0.25) is 0 Å². The Morgan fingerprint density at radius 3 is 2.24 bits per heavy atom. The third-order valence-electron chi connectivity index (χ3n) is 4.00. The topological polar surface area (TPSA) is 70.8 Å². The van der Waals surface area contributed by atoms with Crippen molar-refractivity contribution in [2.75, 3.05) is 14.1 Å². The van der Waals surface area contributed by atoms with Crippen LogP contribution >= 0.6 is 15.9 Å². The molecule has 1 aliphatic heterocycles. The molecule has 2 heterocycles. The number of barbiturate groups is 1. The number of likely N-dealkylation sites (N-methyl/N-ethyl adjacent to an activating group) is 2. The summed E-state index contributed by atoms with van der Waals surface area (Å²) < 4.78 is 6.74. The number of imide groups is 2. The Kier molecular flexibility index (Phi) is 4.34. The summed E-state index contributed by atoms with van der Waals surface area (Å²) in [5.74, 6) is -0.310. The first-order valence-electron chi connectivity index (χ1n) is 7.47. The number of aryl methyl sites for hydroxylation is 1. The van der Waals surface area contributed by atoms with Crippen molar-refractivity contribution < 1.29 is 18.8 Å². The normalized spacial score (nSPS) is 15.2. The second-order valence-corrected chi connectivity index (χ2v) is 6.59. The molecule has 25 heavy (non-hydrogen) atoms. The second kappa shape index (κ2) is 6.33. The summed E-state index contributed by atoms with van der Waals surface area (Å²) in [6.07, 6.45) is 1.36. The van der Waals surface area contributed by atoms with Crippen LogP contribution in [-0.4, -0.2) is 41.7 Å². The van der Waals surface area contributed by atoms with Crippen LogP contribution in [-0.2, 0) is 9.59 Å². The predicted molar refractivity (Wildman–Crippen MR) is 95.5 cm³/mol. The molecule has 0 spiro atoms. The van der Waals surface area contributed by atoms with E-state index in [0.717, 1.165) is 25.4 Å². The molecule has 0 bridgehead atoms. The Bertz CT molecular complexity index is 903. The average molecular weight is 403 g/mol. The lowest BCUT2D eigenvalue weighted by atomic mass is 10.1. The fourth-order valence-corrected chi connectivity index (χ4v) is 2.75. The van der Waals surface area contributed by atoms with Gasteiger partial charge in [-0.05, 0) is 42.8 Å². The number of benzene rings is 1. The number of carbonyl (C=O) groups is 3. The van der Waals surface area contributed by atoms with E-state index in [9.17, 15) is 14.4 Å². The van der Waals surface area contributed by atoms with Gasteiger partial charge in [-0.3, -0.25) is 19.4 Å². The van der Waals surface area contributed by atoms with Crippen molar-refractivity contribution in [1.82, 2.24) is 9.80 Å². The number of furan rings is 1. The van der Waals surface area contributed by atoms with Crippen LogP contribution in [0.3, 0.4) is 0 Å². The fraction of sp³-hybridized carbons (Fsp3) is 0.167. The molecule has 0 aliphatic carbocycles. The number of carbonyl (C=O) groups excluding carboxylic acids is 3. The number of nitrogens with zero attached hydrogens (tertiary/aromatic N) is 2. The van der Waals surface area contributed by atoms with E-state index in [2.05, 4.69) is 15.9 Å². The summed E-state index contributed by atoms with van der Waals surface area (Å²) >= 11 is 3.45. The Morgan fingerprint density at radius 1 is 1.00 bits per heavy atom. The summed E-state index contributed by atoms with van der Waals surface area (Å²) in [6, 6.07) is 8.59. The van der Waals surface area contributed by atoms with E-state index in [0.29, 0.717) is 11.5 Å². The van der Waals surface area contributed by atoms with Crippen LogP contribution in [0.15, 0.2) is 44.8 Å². The molecule has 1 fully saturated rings. The summed E-state index contributed by atoms with van der Waals surface area (Å²) in [4.78, 5) is 37.9. The zero-order valence-electron chi connectivity index (χ0n) is 13.9. The van der Waals surface area contributed by atoms with Gasteiger partial charge in [-0.1, -0.05) is 22.0 Å². The highest BCUT2D eigenvalue weighted by Crippen LogP contribution is 2.28. The quantitative estimate of drug-likeness (QED) is 0.569.